The van der Waals surface area contributed by atoms with E-state index in [-0.39, 0.29) is 11.2 Å². The number of ether oxygens (including phenoxy) is 1. The van der Waals surface area contributed by atoms with Crippen LogP contribution >= 0.6 is 23.4 Å². The number of thioether (sulfide) groups is 1. The predicted molar refractivity (Wildman–Crippen MR) is 124 cm³/mol. The van der Waals surface area contributed by atoms with Crippen molar-refractivity contribution in [3.05, 3.63) is 76.8 Å². The van der Waals surface area contributed by atoms with E-state index in [0.717, 1.165) is 11.3 Å². The lowest BCUT2D eigenvalue weighted by atomic mass is 9.96. The van der Waals surface area contributed by atoms with Crippen molar-refractivity contribution in [2.45, 2.75) is 12.2 Å². The standard InChI is InChI=1S/C23H20ClN3O2S/c1-15-22(23(28)27(26-15)18-6-4-5-17(24)13-18)21(12-11-20(14-25)30-3)16-7-9-19(29-2)10-8-16/h4-13,20H,1-3H3/b12-11+,22-21+. The molecule has 152 valence electrons. The molecular formula is C23H20ClN3O2S. The van der Waals surface area contributed by atoms with E-state index in [1.54, 1.807) is 44.4 Å². The second-order valence-electron chi connectivity index (χ2n) is 6.44. The summed E-state index contributed by atoms with van der Waals surface area (Å²) in [5.41, 5.74) is 3.19. The molecule has 3 rings (SSSR count). The Labute approximate surface area is 185 Å². The zero-order chi connectivity index (χ0) is 21.7. The maximum absolute atomic E-state index is 13.3. The predicted octanol–water partition coefficient (Wildman–Crippen LogP) is 5.34. The van der Waals surface area contributed by atoms with E-state index < -0.39 is 0 Å². The minimum absolute atomic E-state index is 0.247. The molecule has 2 aromatic carbocycles. The Morgan fingerprint density at radius 3 is 2.63 bits per heavy atom. The van der Waals surface area contributed by atoms with Crippen LogP contribution in [-0.4, -0.2) is 30.2 Å². The van der Waals surface area contributed by atoms with Gasteiger partial charge in [0.15, 0.2) is 0 Å². The molecule has 0 spiro atoms. The Morgan fingerprint density at radius 2 is 2.03 bits per heavy atom. The maximum Gasteiger partial charge on any atom is 0.281 e. The number of amides is 1. The lowest BCUT2D eigenvalue weighted by Gasteiger charge is -2.13. The van der Waals surface area contributed by atoms with E-state index in [9.17, 15) is 10.1 Å². The van der Waals surface area contributed by atoms with E-state index in [1.807, 2.05) is 36.6 Å². The van der Waals surface area contributed by atoms with Crippen LogP contribution in [0.15, 0.2) is 71.4 Å². The molecule has 0 aromatic heterocycles. The van der Waals surface area contributed by atoms with E-state index in [4.69, 9.17) is 16.3 Å². The summed E-state index contributed by atoms with van der Waals surface area (Å²) in [7, 11) is 1.60. The number of methoxy groups -OCH3 is 1. The number of halogens is 1. The molecular weight excluding hydrogens is 418 g/mol. The molecule has 1 unspecified atom stereocenters. The number of rotatable bonds is 6. The van der Waals surface area contributed by atoms with Crippen LogP contribution in [0.4, 0.5) is 5.69 Å². The average Bonchev–Trinajstić information content (AvgIpc) is 3.06. The molecule has 1 amide bonds. The Bertz CT molecular complexity index is 1080. The highest BCUT2D eigenvalue weighted by atomic mass is 35.5. The molecule has 1 atom stereocenters. The number of nitrogens with zero attached hydrogens (tertiary/aromatic N) is 3. The summed E-state index contributed by atoms with van der Waals surface area (Å²) in [5, 5.41) is 15.3. The van der Waals surface area contributed by atoms with Crippen LogP contribution in [0.3, 0.4) is 0 Å². The molecule has 1 heterocycles. The van der Waals surface area contributed by atoms with Crippen molar-refractivity contribution in [2.24, 2.45) is 5.10 Å². The van der Waals surface area contributed by atoms with Crippen LogP contribution in [0.5, 0.6) is 5.75 Å². The van der Waals surface area contributed by atoms with E-state index in [0.29, 0.717) is 27.6 Å². The third-order valence-corrected chi connectivity index (χ3v) is 5.57. The van der Waals surface area contributed by atoms with Gasteiger partial charge in [0.25, 0.3) is 5.91 Å². The highest BCUT2D eigenvalue weighted by Crippen LogP contribution is 2.32. The van der Waals surface area contributed by atoms with Gasteiger partial charge in [-0.05, 0) is 54.6 Å². The summed E-state index contributed by atoms with van der Waals surface area (Å²) in [6, 6.07) is 16.7. The van der Waals surface area contributed by atoms with Crippen LogP contribution in [-0.2, 0) is 4.79 Å². The second-order valence-corrected chi connectivity index (χ2v) is 7.86. The van der Waals surface area contributed by atoms with Crippen LogP contribution < -0.4 is 9.75 Å². The number of hydrazone groups is 1. The first kappa shape index (κ1) is 21.7. The van der Waals surface area contributed by atoms with E-state index >= 15 is 0 Å². The van der Waals surface area contributed by atoms with Crippen molar-refractivity contribution in [3.8, 4) is 11.8 Å². The van der Waals surface area contributed by atoms with Gasteiger partial charge in [0.2, 0.25) is 0 Å². The summed E-state index contributed by atoms with van der Waals surface area (Å²) < 4.78 is 5.24. The number of allylic oxidation sites excluding steroid dienone is 2. The van der Waals surface area contributed by atoms with Crippen LogP contribution in [0.1, 0.15) is 12.5 Å². The molecule has 1 aliphatic rings. The Balaban J connectivity index is 2.11. The molecule has 0 bridgehead atoms. The van der Waals surface area contributed by atoms with Gasteiger partial charge in [0.1, 0.15) is 11.0 Å². The summed E-state index contributed by atoms with van der Waals surface area (Å²) in [6.07, 6.45) is 5.48. The Hall–Kier alpha value is -3.01. The number of nitriles is 1. The van der Waals surface area contributed by atoms with Gasteiger partial charge in [-0.25, -0.2) is 0 Å². The highest BCUT2D eigenvalue weighted by molar-refractivity contribution is 7.99. The van der Waals surface area contributed by atoms with Crippen molar-refractivity contribution in [2.75, 3.05) is 18.4 Å². The molecule has 1 aliphatic heterocycles. The van der Waals surface area contributed by atoms with Crippen molar-refractivity contribution in [1.29, 1.82) is 5.26 Å². The lowest BCUT2D eigenvalue weighted by molar-refractivity contribution is -0.114. The van der Waals surface area contributed by atoms with E-state index in [2.05, 4.69) is 11.2 Å². The molecule has 30 heavy (non-hydrogen) atoms. The molecule has 5 nitrogen and oxygen atoms in total. The summed E-state index contributed by atoms with van der Waals surface area (Å²) in [4.78, 5) is 13.3. The molecule has 7 heteroatoms. The topological polar surface area (TPSA) is 65.7 Å². The smallest absolute Gasteiger partial charge is 0.281 e. The van der Waals surface area contributed by atoms with Gasteiger partial charge < -0.3 is 4.74 Å². The second kappa shape index (κ2) is 9.66. The molecule has 0 radical (unpaired) electrons. The van der Waals surface area contributed by atoms with Crippen molar-refractivity contribution >= 4 is 46.2 Å². The minimum Gasteiger partial charge on any atom is -0.497 e. The molecule has 0 aliphatic carbocycles. The number of anilines is 1. The van der Waals surface area contributed by atoms with Gasteiger partial charge in [-0.1, -0.05) is 42.0 Å². The number of carbonyl (C=O) groups is 1. The first-order chi connectivity index (χ1) is 14.5. The zero-order valence-corrected chi connectivity index (χ0v) is 18.4. The number of hydrogen-bond donors (Lipinski definition) is 0. The van der Waals surface area contributed by atoms with Gasteiger partial charge in [0.05, 0.1) is 30.2 Å². The number of benzene rings is 2. The number of carbonyl (C=O) groups excluding carboxylic acids is 1. The van der Waals surface area contributed by atoms with Gasteiger partial charge in [-0.2, -0.15) is 15.4 Å². The van der Waals surface area contributed by atoms with Crippen LogP contribution in [0, 0.1) is 11.3 Å². The van der Waals surface area contributed by atoms with Crippen LogP contribution in [0.2, 0.25) is 5.02 Å². The number of hydrogen-bond acceptors (Lipinski definition) is 5. The van der Waals surface area contributed by atoms with Gasteiger partial charge in [0, 0.05) is 5.02 Å². The largest absolute Gasteiger partial charge is 0.497 e. The van der Waals surface area contributed by atoms with Crippen molar-refractivity contribution in [3.63, 3.8) is 0 Å². The third-order valence-electron chi connectivity index (χ3n) is 4.56. The Kier molecular flexibility index (Phi) is 6.99. The fourth-order valence-corrected chi connectivity index (χ4v) is 3.58. The maximum atomic E-state index is 13.3. The van der Waals surface area contributed by atoms with Crippen molar-refractivity contribution in [1.82, 2.24) is 0 Å². The fourth-order valence-electron chi connectivity index (χ4n) is 3.05. The molecule has 2 aromatic rings. The van der Waals surface area contributed by atoms with Crippen molar-refractivity contribution < 1.29 is 9.53 Å². The normalized spacial score (nSPS) is 16.4. The SMILES string of the molecule is COc1ccc(C(/C=C/C(C#N)SC)=C2/C(=O)N(c3cccc(Cl)c3)N=C2C)cc1. The van der Waals surface area contributed by atoms with Gasteiger partial charge >= 0.3 is 0 Å². The fraction of sp³-hybridized carbons (Fsp3) is 0.174. The average molecular weight is 438 g/mol. The minimum atomic E-state index is -0.323. The molecule has 0 saturated carbocycles. The van der Waals surface area contributed by atoms with E-state index in [1.165, 1.54) is 16.8 Å². The van der Waals surface area contributed by atoms with Crippen LogP contribution in [0.25, 0.3) is 5.57 Å². The summed E-state index contributed by atoms with van der Waals surface area (Å²) in [5.74, 6) is 0.470. The third kappa shape index (κ3) is 4.59. The lowest BCUT2D eigenvalue weighted by Crippen LogP contribution is -2.22. The first-order valence-electron chi connectivity index (χ1n) is 9.13. The summed E-state index contributed by atoms with van der Waals surface area (Å²) >= 11 is 7.52. The molecule has 0 fully saturated rings. The molecule has 0 saturated heterocycles. The molecule has 0 N–H and O–H groups in total. The zero-order valence-electron chi connectivity index (χ0n) is 16.8. The first-order valence-corrected chi connectivity index (χ1v) is 10.8. The van der Waals surface area contributed by atoms with Gasteiger partial charge in [-0.15, -0.1) is 11.8 Å². The van der Waals surface area contributed by atoms with Gasteiger partial charge in [-0.3, -0.25) is 4.79 Å². The summed E-state index contributed by atoms with van der Waals surface area (Å²) in [6.45, 7) is 1.80. The quantitative estimate of drug-likeness (QED) is 0.572. The monoisotopic (exact) mass is 437 g/mol. The highest BCUT2D eigenvalue weighted by Gasteiger charge is 2.31. The Morgan fingerprint density at radius 1 is 1.30 bits per heavy atom.